The maximum absolute atomic E-state index is 13.3. The lowest BCUT2D eigenvalue weighted by Crippen LogP contribution is -2.16. The minimum Gasteiger partial charge on any atom is -0.496 e. The number of rotatable bonds is 4. The number of benzene rings is 1. The Bertz CT molecular complexity index is 1230. The number of anilines is 1. The first-order valence-corrected chi connectivity index (χ1v) is 8.59. The fraction of sp³-hybridized carbons (Fsp3) is 0.158. The summed E-state index contributed by atoms with van der Waals surface area (Å²) in [6.45, 7) is 1.77. The normalized spacial score (nSPS) is 11.6. The van der Waals surface area contributed by atoms with Gasteiger partial charge in [0.2, 0.25) is 12.2 Å². The van der Waals surface area contributed by atoms with Crippen LogP contribution in [0.4, 0.5) is 18.9 Å². The van der Waals surface area contributed by atoms with Gasteiger partial charge in [0.05, 0.1) is 13.3 Å². The predicted octanol–water partition coefficient (Wildman–Crippen LogP) is 3.97. The molecule has 0 spiro atoms. The Morgan fingerprint density at radius 3 is 2.70 bits per heavy atom. The topological polar surface area (TPSA) is 94.5 Å². The molecular weight excluding hydrogens is 403 g/mol. The Kier molecular flexibility index (Phi) is 4.65. The third-order valence-corrected chi connectivity index (χ3v) is 4.47. The highest BCUT2D eigenvalue weighted by atomic mass is 19.4. The third-order valence-electron chi connectivity index (χ3n) is 4.47. The number of aromatic nitrogens is 4. The average Bonchev–Trinajstić information content (AvgIpc) is 3.37. The van der Waals surface area contributed by atoms with E-state index in [-0.39, 0.29) is 17.1 Å². The van der Waals surface area contributed by atoms with Gasteiger partial charge in [-0.15, -0.1) is 0 Å². The molecule has 1 amide bonds. The van der Waals surface area contributed by atoms with E-state index in [2.05, 4.69) is 20.4 Å². The summed E-state index contributed by atoms with van der Waals surface area (Å²) in [7, 11) is 1.14. The van der Waals surface area contributed by atoms with Crippen molar-refractivity contribution in [2.45, 2.75) is 13.1 Å². The lowest BCUT2D eigenvalue weighted by molar-refractivity contribution is -0.139. The van der Waals surface area contributed by atoms with Crippen LogP contribution in [0.5, 0.6) is 5.75 Å². The Morgan fingerprint density at radius 1 is 1.23 bits per heavy atom. The van der Waals surface area contributed by atoms with E-state index in [1.165, 1.54) is 12.6 Å². The van der Waals surface area contributed by atoms with Gasteiger partial charge in [0, 0.05) is 23.5 Å². The number of carbonyl (C=O) groups is 1. The summed E-state index contributed by atoms with van der Waals surface area (Å²) in [5.74, 6) is -0.674. The first-order valence-electron chi connectivity index (χ1n) is 8.59. The number of ether oxygens (including phenoxy) is 1. The van der Waals surface area contributed by atoms with Crippen LogP contribution in [0.25, 0.3) is 17.0 Å². The van der Waals surface area contributed by atoms with Crippen molar-refractivity contribution in [3.05, 3.63) is 59.9 Å². The van der Waals surface area contributed by atoms with E-state index in [4.69, 9.17) is 9.26 Å². The van der Waals surface area contributed by atoms with Crippen molar-refractivity contribution in [1.29, 1.82) is 0 Å². The maximum atomic E-state index is 13.3. The van der Waals surface area contributed by atoms with E-state index in [0.29, 0.717) is 17.1 Å². The van der Waals surface area contributed by atoms with E-state index in [1.807, 2.05) is 0 Å². The number of nitrogens with one attached hydrogen (secondary N) is 1. The van der Waals surface area contributed by atoms with Crippen molar-refractivity contribution in [1.82, 2.24) is 19.5 Å². The van der Waals surface area contributed by atoms with Crippen LogP contribution in [0.15, 0.2) is 47.6 Å². The smallest absolute Gasteiger partial charge is 0.421 e. The van der Waals surface area contributed by atoms with E-state index >= 15 is 0 Å². The molecule has 1 N–H and O–H groups in total. The third kappa shape index (κ3) is 3.45. The predicted molar refractivity (Wildman–Crippen MR) is 99.2 cm³/mol. The lowest BCUT2D eigenvalue weighted by atomic mass is 10.1. The highest BCUT2D eigenvalue weighted by Crippen LogP contribution is 2.37. The van der Waals surface area contributed by atoms with Gasteiger partial charge in [0.15, 0.2) is 0 Å². The molecule has 3 heterocycles. The minimum atomic E-state index is -4.66. The van der Waals surface area contributed by atoms with Crippen LogP contribution in [0, 0.1) is 6.92 Å². The molecule has 0 unspecified atom stereocenters. The fourth-order valence-corrected chi connectivity index (χ4v) is 2.94. The first kappa shape index (κ1) is 19.4. The number of amides is 1. The number of carbonyl (C=O) groups excluding carboxylic acids is 1. The molecule has 0 radical (unpaired) electrons. The summed E-state index contributed by atoms with van der Waals surface area (Å²) in [6, 6.07) is 6.28. The van der Waals surface area contributed by atoms with Crippen molar-refractivity contribution in [2.24, 2.45) is 0 Å². The summed E-state index contributed by atoms with van der Waals surface area (Å²) in [5.41, 5.74) is 0.848. The summed E-state index contributed by atoms with van der Waals surface area (Å²) < 4.78 is 50.6. The van der Waals surface area contributed by atoms with Gasteiger partial charge in [-0.1, -0.05) is 17.3 Å². The van der Waals surface area contributed by atoms with Gasteiger partial charge in [0.25, 0.3) is 5.91 Å². The molecule has 0 saturated carbocycles. The Labute approximate surface area is 167 Å². The molecule has 4 aromatic rings. The molecule has 154 valence electrons. The zero-order valence-corrected chi connectivity index (χ0v) is 15.7. The minimum absolute atomic E-state index is 0.0671. The number of pyridine rings is 1. The number of halogens is 3. The quantitative estimate of drug-likeness (QED) is 0.540. The monoisotopic (exact) mass is 417 g/mol. The largest absolute Gasteiger partial charge is 0.496 e. The number of alkyl halides is 3. The SMILES string of the molecule is COc1cc2ncc(C(=O)Nc3cc(-c4ncon4)ccc3C)n2cc1C(F)(F)F. The van der Waals surface area contributed by atoms with Gasteiger partial charge >= 0.3 is 6.18 Å². The summed E-state index contributed by atoms with van der Waals surface area (Å²) in [4.78, 5) is 20.8. The highest BCUT2D eigenvalue weighted by Gasteiger charge is 2.35. The van der Waals surface area contributed by atoms with Gasteiger partial charge in [-0.25, -0.2) is 4.98 Å². The van der Waals surface area contributed by atoms with Crippen molar-refractivity contribution < 1.29 is 27.2 Å². The maximum Gasteiger partial charge on any atom is 0.421 e. The van der Waals surface area contributed by atoms with Crippen molar-refractivity contribution in [3.63, 3.8) is 0 Å². The fourth-order valence-electron chi connectivity index (χ4n) is 2.94. The Morgan fingerprint density at radius 2 is 2.03 bits per heavy atom. The summed E-state index contributed by atoms with van der Waals surface area (Å²) in [6.07, 6.45) is -1.49. The second kappa shape index (κ2) is 7.17. The molecule has 0 bridgehead atoms. The number of imidazole rings is 1. The molecule has 0 aliphatic heterocycles. The zero-order valence-electron chi connectivity index (χ0n) is 15.7. The molecule has 8 nitrogen and oxygen atoms in total. The number of methoxy groups -OCH3 is 1. The molecule has 30 heavy (non-hydrogen) atoms. The van der Waals surface area contributed by atoms with Crippen molar-refractivity contribution >= 4 is 17.2 Å². The van der Waals surface area contributed by atoms with Crippen LogP contribution in [0.3, 0.4) is 0 Å². The Balaban J connectivity index is 1.71. The molecule has 0 fully saturated rings. The summed E-state index contributed by atoms with van der Waals surface area (Å²) >= 11 is 0. The number of aryl methyl sites for hydroxylation is 1. The van der Waals surface area contributed by atoms with E-state index in [9.17, 15) is 18.0 Å². The lowest BCUT2D eigenvalue weighted by Gasteiger charge is -2.13. The van der Waals surface area contributed by atoms with Crippen LogP contribution in [0.2, 0.25) is 0 Å². The van der Waals surface area contributed by atoms with E-state index < -0.39 is 17.6 Å². The Hall–Kier alpha value is -3.89. The van der Waals surface area contributed by atoms with Gasteiger partial charge < -0.3 is 14.6 Å². The molecule has 11 heteroatoms. The van der Waals surface area contributed by atoms with Gasteiger partial charge in [-0.3, -0.25) is 9.20 Å². The van der Waals surface area contributed by atoms with Crippen molar-refractivity contribution in [3.8, 4) is 17.1 Å². The molecule has 0 saturated heterocycles. The molecule has 0 atom stereocenters. The van der Waals surface area contributed by atoms with E-state index in [1.54, 1.807) is 25.1 Å². The van der Waals surface area contributed by atoms with Gasteiger partial charge in [-0.05, 0) is 18.6 Å². The van der Waals surface area contributed by atoms with Crippen LogP contribution in [-0.2, 0) is 6.18 Å². The molecule has 1 aromatic carbocycles. The first-order chi connectivity index (χ1) is 14.3. The second-order valence-electron chi connectivity index (χ2n) is 6.36. The molecule has 4 rings (SSSR count). The van der Waals surface area contributed by atoms with E-state index in [0.717, 1.165) is 29.3 Å². The van der Waals surface area contributed by atoms with Crippen LogP contribution >= 0.6 is 0 Å². The van der Waals surface area contributed by atoms with Crippen LogP contribution in [0.1, 0.15) is 21.6 Å². The van der Waals surface area contributed by atoms with Crippen molar-refractivity contribution in [2.75, 3.05) is 12.4 Å². The number of fused-ring (bicyclic) bond motifs is 1. The number of hydrogen-bond acceptors (Lipinski definition) is 6. The number of hydrogen-bond donors (Lipinski definition) is 1. The van der Waals surface area contributed by atoms with Gasteiger partial charge in [0.1, 0.15) is 22.7 Å². The summed E-state index contributed by atoms with van der Waals surface area (Å²) in [5, 5.41) is 6.44. The zero-order chi connectivity index (χ0) is 21.5. The molecule has 0 aliphatic carbocycles. The molecule has 0 aliphatic rings. The molecule has 3 aromatic heterocycles. The average molecular weight is 417 g/mol. The van der Waals surface area contributed by atoms with Crippen LogP contribution < -0.4 is 10.1 Å². The highest BCUT2D eigenvalue weighted by molar-refractivity contribution is 6.04. The molecular formula is C19H14F3N5O3. The standard InChI is InChI=1S/C19H14F3N5O3/c1-10-3-4-11(17-24-9-30-26-17)5-13(10)25-18(28)14-7-23-16-6-15(29-2)12(8-27(14)16)19(20,21)22/h3-9H,1-2H3,(H,25,28). The second-order valence-corrected chi connectivity index (χ2v) is 6.36. The van der Waals surface area contributed by atoms with Crippen LogP contribution in [-0.4, -0.2) is 32.5 Å². The number of nitrogens with zero attached hydrogens (tertiary/aromatic N) is 4. The van der Waals surface area contributed by atoms with Gasteiger partial charge in [-0.2, -0.15) is 18.2 Å².